The minimum Gasteiger partial charge on any atom is -0.687 e. The second kappa shape index (κ2) is 5.64. The molecule has 1 aromatic rings. The molecule has 0 atom stereocenters. The first-order chi connectivity index (χ1) is 6.72. The molecule has 0 N–H and O–H groups in total. The van der Waals surface area contributed by atoms with Gasteiger partial charge in [-0.1, -0.05) is 68.7 Å². The first-order valence-corrected chi connectivity index (χ1v) is 8.53. The van der Waals surface area contributed by atoms with Crippen molar-refractivity contribution in [1.29, 1.82) is 0 Å². The van der Waals surface area contributed by atoms with E-state index in [-0.39, 0.29) is 23.9 Å². The summed E-state index contributed by atoms with van der Waals surface area (Å²) in [6.07, 6.45) is 0. The first kappa shape index (κ1) is 16.1. The van der Waals surface area contributed by atoms with Gasteiger partial charge in [0, 0.05) is 5.02 Å². The van der Waals surface area contributed by atoms with Crippen molar-refractivity contribution in [2.45, 2.75) is 38.9 Å². The third-order valence-electron chi connectivity index (χ3n) is 3.05. The fraction of sp³-hybridized carbons (Fsp3) is 0.500. The van der Waals surface area contributed by atoms with E-state index >= 15 is 0 Å². The Labute approximate surface area is 117 Å². The van der Waals surface area contributed by atoms with Crippen molar-refractivity contribution >= 4 is 25.5 Å². The van der Waals surface area contributed by atoms with E-state index in [1.165, 1.54) is 0 Å². The van der Waals surface area contributed by atoms with Crippen LogP contribution in [0, 0.1) is 0 Å². The van der Waals surface area contributed by atoms with Crippen LogP contribution in [0.5, 0.6) is 0 Å². The zero-order valence-electron chi connectivity index (χ0n) is 11.1. The summed E-state index contributed by atoms with van der Waals surface area (Å²) in [4.78, 5) is 4.88. The van der Waals surface area contributed by atoms with Crippen molar-refractivity contribution in [2.75, 3.05) is 0 Å². The molecule has 0 spiro atoms. The van der Waals surface area contributed by atoms with E-state index in [2.05, 4.69) is 33.9 Å². The molecular formula is C12H19ClLiNSi. The summed E-state index contributed by atoms with van der Waals surface area (Å²) in [6.45, 7) is 11.3. The van der Waals surface area contributed by atoms with E-state index in [0.29, 0.717) is 0 Å². The van der Waals surface area contributed by atoms with E-state index in [4.69, 9.17) is 16.6 Å². The van der Waals surface area contributed by atoms with Crippen LogP contribution in [-0.2, 0) is 0 Å². The van der Waals surface area contributed by atoms with Crippen LogP contribution in [0.25, 0.3) is 4.98 Å². The maximum atomic E-state index is 5.94. The Bertz CT molecular complexity index is 347. The Morgan fingerprint density at radius 2 is 1.75 bits per heavy atom. The number of rotatable bonds is 2. The molecule has 1 aromatic carbocycles. The number of hydrogen-bond acceptors (Lipinski definition) is 0. The fourth-order valence-electron chi connectivity index (χ4n) is 1.04. The molecule has 1 rings (SSSR count). The van der Waals surface area contributed by atoms with E-state index in [1.807, 2.05) is 24.3 Å². The number of halogens is 1. The van der Waals surface area contributed by atoms with Gasteiger partial charge < -0.3 is 4.98 Å². The van der Waals surface area contributed by atoms with E-state index in [0.717, 1.165) is 10.7 Å². The Morgan fingerprint density at radius 3 is 2.19 bits per heavy atom. The van der Waals surface area contributed by atoms with Gasteiger partial charge in [0.2, 0.25) is 0 Å². The Morgan fingerprint density at radius 1 is 1.19 bits per heavy atom. The van der Waals surface area contributed by atoms with Crippen LogP contribution in [0.15, 0.2) is 24.3 Å². The average Bonchev–Trinajstić information content (AvgIpc) is 2.00. The van der Waals surface area contributed by atoms with Gasteiger partial charge in [-0.15, -0.1) is 5.69 Å². The third kappa shape index (κ3) is 4.18. The summed E-state index contributed by atoms with van der Waals surface area (Å²) >= 11 is 5.94. The number of hydrogen-bond donors (Lipinski definition) is 0. The van der Waals surface area contributed by atoms with Gasteiger partial charge in [-0.05, 0) is 14.3 Å². The number of benzene rings is 1. The standard InChI is InChI=1S/C12H19ClNSi.Li/c1-12(2,3)15(4,5)14-11-8-6-7-10(13)9-11;/h6-9H,1-5H3;/q-1;+1. The Hall–Kier alpha value is 0.124. The van der Waals surface area contributed by atoms with Crippen molar-refractivity contribution in [2.24, 2.45) is 0 Å². The average molecular weight is 248 g/mol. The molecule has 0 aliphatic rings. The zero-order valence-corrected chi connectivity index (χ0v) is 12.9. The molecule has 0 amide bonds. The largest absolute Gasteiger partial charge is 1.00 e. The molecule has 0 heterocycles. The summed E-state index contributed by atoms with van der Waals surface area (Å²) in [6, 6.07) is 7.79. The van der Waals surface area contributed by atoms with Crippen LogP contribution in [-0.4, -0.2) is 8.24 Å². The summed E-state index contributed by atoms with van der Waals surface area (Å²) in [5.41, 5.74) is 1.01. The van der Waals surface area contributed by atoms with E-state index < -0.39 is 8.24 Å². The van der Waals surface area contributed by atoms with Crippen LogP contribution in [0.2, 0.25) is 23.2 Å². The Kier molecular flexibility index (Phi) is 5.69. The van der Waals surface area contributed by atoms with Gasteiger partial charge in [0.05, 0.1) is 0 Å². The maximum absolute atomic E-state index is 5.94. The zero-order chi connectivity index (χ0) is 11.7. The molecule has 0 bridgehead atoms. The molecule has 0 saturated carbocycles. The fourth-order valence-corrected chi connectivity index (χ4v) is 2.34. The minimum absolute atomic E-state index is 0. The first-order valence-electron chi connectivity index (χ1n) is 5.21. The molecule has 84 valence electrons. The summed E-state index contributed by atoms with van der Waals surface area (Å²) in [5, 5.41) is 1.03. The SMILES string of the molecule is CC(C)(C)[Si](C)(C)[N-]c1cccc(Cl)c1.[Li+]. The molecule has 0 aliphatic carbocycles. The van der Waals surface area contributed by atoms with E-state index in [1.54, 1.807) is 0 Å². The molecule has 0 aliphatic heterocycles. The van der Waals surface area contributed by atoms with Gasteiger partial charge in [-0.3, -0.25) is 0 Å². The van der Waals surface area contributed by atoms with Crippen LogP contribution in [0.4, 0.5) is 5.69 Å². The molecule has 16 heavy (non-hydrogen) atoms. The third-order valence-corrected chi connectivity index (χ3v) is 7.78. The van der Waals surface area contributed by atoms with Crippen LogP contribution in [0.3, 0.4) is 0 Å². The monoisotopic (exact) mass is 247 g/mol. The molecule has 4 heteroatoms. The van der Waals surface area contributed by atoms with Crippen molar-refractivity contribution in [3.8, 4) is 0 Å². The predicted octanol–water partition coefficient (Wildman–Crippen LogP) is 2.35. The summed E-state index contributed by atoms with van der Waals surface area (Å²) in [5.74, 6) is 0. The number of nitrogens with zero attached hydrogens (tertiary/aromatic N) is 1. The van der Waals surface area contributed by atoms with Crippen molar-refractivity contribution in [3.63, 3.8) is 0 Å². The van der Waals surface area contributed by atoms with Gasteiger partial charge in [0.15, 0.2) is 0 Å². The molecule has 0 saturated heterocycles. The van der Waals surface area contributed by atoms with Crippen LogP contribution in [0.1, 0.15) is 20.8 Å². The van der Waals surface area contributed by atoms with Crippen LogP contribution < -0.4 is 18.9 Å². The normalized spacial score (nSPS) is 11.9. The molecule has 0 unspecified atom stereocenters. The van der Waals surface area contributed by atoms with Gasteiger partial charge in [0.1, 0.15) is 0 Å². The molecule has 0 radical (unpaired) electrons. The topological polar surface area (TPSA) is 14.1 Å². The molecule has 0 fully saturated rings. The quantitative estimate of drug-likeness (QED) is 0.713. The maximum Gasteiger partial charge on any atom is 1.00 e. The smallest absolute Gasteiger partial charge is 0.687 e. The summed E-state index contributed by atoms with van der Waals surface area (Å²) < 4.78 is 0. The van der Waals surface area contributed by atoms with Crippen molar-refractivity contribution in [1.82, 2.24) is 0 Å². The van der Waals surface area contributed by atoms with Gasteiger partial charge >= 0.3 is 18.9 Å². The van der Waals surface area contributed by atoms with Crippen molar-refractivity contribution in [3.05, 3.63) is 34.3 Å². The predicted molar refractivity (Wildman–Crippen MR) is 71.7 cm³/mol. The molecule has 0 aromatic heterocycles. The summed E-state index contributed by atoms with van der Waals surface area (Å²) in [7, 11) is -1.60. The minimum atomic E-state index is -1.60. The van der Waals surface area contributed by atoms with Gasteiger partial charge in [-0.2, -0.15) is 0 Å². The van der Waals surface area contributed by atoms with E-state index in [9.17, 15) is 0 Å². The molecule has 1 nitrogen and oxygen atoms in total. The van der Waals surface area contributed by atoms with Crippen molar-refractivity contribution < 1.29 is 18.9 Å². The Balaban J connectivity index is 0.00000225. The van der Waals surface area contributed by atoms with Gasteiger partial charge in [0.25, 0.3) is 0 Å². The second-order valence-corrected chi connectivity index (χ2v) is 10.7. The second-order valence-electron chi connectivity index (χ2n) is 5.40. The van der Waals surface area contributed by atoms with Crippen LogP contribution >= 0.6 is 11.6 Å². The van der Waals surface area contributed by atoms with Gasteiger partial charge in [-0.25, -0.2) is 0 Å². The molecular weight excluding hydrogens is 229 g/mol.